The SMILES string of the molecule is O=[N+]([O-])c1ccc(Cl)c(S(=O)(=O)N2CCN(c3ccc(-c4ccc5c(c4)OCO5)nn3)CC2)c1. The van der Waals surface area contributed by atoms with Crippen molar-refractivity contribution < 1.29 is 22.8 Å². The summed E-state index contributed by atoms with van der Waals surface area (Å²) in [4.78, 5) is 12.1. The average molecular weight is 504 g/mol. The van der Waals surface area contributed by atoms with Crippen molar-refractivity contribution in [2.75, 3.05) is 37.9 Å². The van der Waals surface area contributed by atoms with Crippen molar-refractivity contribution in [2.24, 2.45) is 0 Å². The number of halogens is 1. The van der Waals surface area contributed by atoms with Crippen LogP contribution >= 0.6 is 11.6 Å². The Bertz CT molecular complexity index is 1360. The molecular formula is C21H18ClN5O6S. The monoisotopic (exact) mass is 503 g/mol. The fourth-order valence-corrected chi connectivity index (χ4v) is 5.72. The standard InChI is InChI=1S/C21H18ClN5O6S/c22-16-3-2-15(27(28)29)12-20(16)34(30,31)26-9-7-25(8-10-26)21-6-4-17(23-24-21)14-1-5-18-19(11-14)33-13-32-18/h1-6,11-12H,7-10,13H2. The van der Waals surface area contributed by atoms with Crippen LogP contribution in [0.25, 0.3) is 11.3 Å². The summed E-state index contributed by atoms with van der Waals surface area (Å²) >= 11 is 6.05. The number of nitrogens with zero attached hydrogens (tertiary/aromatic N) is 5. The zero-order valence-corrected chi connectivity index (χ0v) is 19.2. The van der Waals surface area contributed by atoms with Crippen LogP contribution in [0, 0.1) is 10.1 Å². The van der Waals surface area contributed by atoms with Crippen LogP contribution in [0.3, 0.4) is 0 Å². The average Bonchev–Trinajstić information content (AvgIpc) is 3.32. The summed E-state index contributed by atoms with van der Waals surface area (Å²) in [6.45, 7) is 1.30. The molecule has 3 aromatic rings. The van der Waals surface area contributed by atoms with Gasteiger partial charge < -0.3 is 14.4 Å². The summed E-state index contributed by atoms with van der Waals surface area (Å²) in [7, 11) is -3.99. The quantitative estimate of drug-likeness (QED) is 0.381. The van der Waals surface area contributed by atoms with Gasteiger partial charge in [-0.3, -0.25) is 10.1 Å². The maximum atomic E-state index is 13.1. The number of hydrogen-bond donors (Lipinski definition) is 0. The number of non-ortho nitro benzene ring substituents is 1. The lowest BCUT2D eigenvalue weighted by molar-refractivity contribution is -0.385. The maximum Gasteiger partial charge on any atom is 0.270 e. The number of aromatic nitrogens is 2. The molecule has 0 radical (unpaired) electrons. The van der Waals surface area contributed by atoms with Gasteiger partial charge in [-0.15, -0.1) is 10.2 Å². The first kappa shape index (κ1) is 22.3. The molecule has 2 aromatic carbocycles. The molecule has 0 spiro atoms. The predicted octanol–water partition coefficient (Wildman–Crippen LogP) is 2.94. The van der Waals surface area contributed by atoms with Crippen molar-refractivity contribution in [1.82, 2.24) is 14.5 Å². The minimum atomic E-state index is -3.99. The number of ether oxygens (including phenoxy) is 2. The third kappa shape index (κ3) is 4.11. The highest BCUT2D eigenvalue weighted by molar-refractivity contribution is 7.89. The van der Waals surface area contributed by atoms with Crippen molar-refractivity contribution >= 4 is 33.1 Å². The molecule has 0 N–H and O–H groups in total. The molecule has 0 unspecified atom stereocenters. The number of anilines is 1. The zero-order valence-electron chi connectivity index (χ0n) is 17.6. The summed E-state index contributed by atoms with van der Waals surface area (Å²) in [5, 5.41) is 19.6. The molecule has 34 heavy (non-hydrogen) atoms. The molecule has 0 aliphatic carbocycles. The molecule has 1 aromatic heterocycles. The van der Waals surface area contributed by atoms with E-state index in [-0.39, 0.29) is 35.5 Å². The van der Waals surface area contributed by atoms with Crippen LogP contribution in [0.1, 0.15) is 0 Å². The number of fused-ring (bicyclic) bond motifs is 1. The molecule has 0 saturated carbocycles. The van der Waals surface area contributed by atoms with Gasteiger partial charge in [-0.05, 0) is 36.4 Å². The highest BCUT2D eigenvalue weighted by Crippen LogP contribution is 2.35. The van der Waals surface area contributed by atoms with Crippen LogP contribution in [-0.2, 0) is 10.0 Å². The lowest BCUT2D eigenvalue weighted by Gasteiger charge is -2.34. The predicted molar refractivity (Wildman–Crippen MR) is 123 cm³/mol. The molecule has 176 valence electrons. The van der Waals surface area contributed by atoms with Gasteiger partial charge in [0.25, 0.3) is 5.69 Å². The molecule has 0 atom stereocenters. The molecule has 0 amide bonds. The van der Waals surface area contributed by atoms with Gasteiger partial charge in [0.05, 0.1) is 15.6 Å². The Morgan fingerprint density at radius 3 is 2.41 bits per heavy atom. The van der Waals surface area contributed by atoms with E-state index in [0.29, 0.717) is 36.1 Å². The molecule has 2 aliphatic heterocycles. The number of nitro groups is 1. The second-order valence-electron chi connectivity index (χ2n) is 7.61. The third-order valence-electron chi connectivity index (χ3n) is 5.62. The van der Waals surface area contributed by atoms with Crippen LogP contribution < -0.4 is 14.4 Å². The van der Waals surface area contributed by atoms with E-state index >= 15 is 0 Å². The van der Waals surface area contributed by atoms with Gasteiger partial charge in [0.2, 0.25) is 16.8 Å². The van der Waals surface area contributed by atoms with E-state index in [1.807, 2.05) is 35.2 Å². The first-order chi connectivity index (χ1) is 16.3. The molecule has 1 fully saturated rings. The van der Waals surface area contributed by atoms with Gasteiger partial charge in [-0.25, -0.2) is 8.42 Å². The van der Waals surface area contributed by atoms with Crippen LogP contribution in [0.15, 0.2) is 53.4 Å². The summed E-state index contributed by atoms with van der Waals surface area (Å²) in [5.41, 5.74) is 1.18. The van der Waals surface area contributed by atoms with Crippen molar-refractivity contribution in [3.8, 4) is 22.8 Å². The Labute approximate surface area is 199 Å². The number of hydrogen-bond acceptors (Lipinski definition) is 9. The summed E-state index contributed by atoms with van der Waals surface area (Å²) in [6, 6.07) is 12.6. The minimum Gasteiger partial charge on any atom is -0.454 e. The minimum absolute atomic E-state index is 0.0574. The lowest BCUT2D eigenvalue weighted by Crippen LogP contribution is -2.49. The Balaban J connectivity index is 1.28. The van der Waals surface area contributed by atoms with Gasteiger partial charge >= 0.3 is 0 Å². The highest BCUT2D eigenvalue weighted by Gasteiger charge is 2.32. The maximum absolute atomic E-state index is 13.1. The van der Waals surface area contributed by atoms with Crippen molar-refractivity contribution in [1.29, 1.82) is 0 Å². The lowest BCUT2D eigenvalue weighted by atomic mass is 10.1. The number of piperazine rings is 1. The van der Waals surface area contributed by atoms with Gasteiger partial charge in [-0.2, -0.15) is 4.31 Å². The normalized spacial score (nSPS) is 16.0. The van der Waals surface area contributed by atoms with E-state index in [4.69, 9.17) is 21.1 Å². The molecule has 2 aliphatic rings. The van der Waals surface area contributed by atoms with Crippen LogP contribution in [0.4, 0.5) is 11.5 Å². The van der Waals surface area contributed by atoms with Crippen molar-refractivity contribution in [3.05, 3.63) is 63.7 Å². The van der Waals surface area contributed by atoms with Gasteiger partial charge in [0.1, 0.15) is 4.90 Å². The number of sulfonamides is 1. The number of benzene rings is 2. The Kier molecular flexibility index (Phi) is 5.71. The van der Waals surface area contributed by atoms with Gasteiger partial charge in [0, 0.05) is 43.9 Å². The van der Waals surface area contributed by atoms with Crippen molar-refractivity contribution in [3.63, 3.8) is 0 Å². The Morgan fingerprint density at radius 2 is 1.71 bits per heavy atom. The summed E-state index contributed by atoms with van der Waals surface area (Å²) < 4.78 is 38.1. The molecule has 11 nitrogen and oxygen atoms in total. The first-order valence-corrected chi connectivity index (χ1v) is 12.1. The van der Waals surface area contributed by atoms with E-state index in [2.05, 4.69) is 10.2 Å². The molecule has 0 bridgehead atoms. The van der Waals surface area contributed by atoms with E-state index < -0.39 is 14.9 Å². The van der Waals surface area contributed by atoms with Crippen LogP contribution in [0.5, 0.6) is 11.5 Å². The first-order valence-electron chi connectivity index (χ1n) is 10.3. The van der Waals surface area contributed by atoms with E-state index in [0.717, 1.165) is 11.6 Å². The topological polar surface area (TPSA) is 128 Å². The van der Waals surface area contributed by atoms with E-state index in [1.165, 1.54) is 16.4 Å². The molecule has 3 heterocycles. The summed E-state index contributed by atoms with van der Waals surface area (Å²) in [5.74, 6) is 1.96. The Morgan fingerprint density at radius 1 is 0.941 bits per heavy atom. The largest absolute Gasteiger partial charge is 0.454 e. The van der Waals surface area contributed by atoms with Crippen LogP contribution in [-0.4, -0.2) is 60.8 Å². The van der Waals surface area contributed by atoms with Gasteiger partial charge in [0.15, 0.2) is 17.3 Å². The number of nitro benzene ring substituents is 1. The number of rotatable bonds is 5. The second kappa shape index (κ2) is 8.70. The fraction of sp³-hybridized carbons (Fsp3) is 0.238. The van der Waals surface area contributed by atoms with Crippen molar-refractivity contribution in [2.45, 2.75) is 4.90 Å². The molecule has 1 saturated heterocycles. The van der Waals surface area contributed by atoms with Gasteiger partial charge in [-0.1, -0.05) is 11.6 Å². The smallest absolute Gasteiger partial charge is 0.270 e. The third-order valence-corrected chi connectivity index (χ3v) is 8.01. The van der Waals surface area contributed by atoms with E-state index in [1.54, 1.807) is 0 Å². The second-order valence-corrected chi connectivity index (χ2v) is 9.92. The van der Waals surface area contributed by atoms with Crippen LogP contribution in [0.2, 0.25) is 5.02 Å². The summed E-state index contributed by atoms with van der Waals surface area (Å²) in [6.07, 6.45) is 0. The zero-order chi connectivity index (χ0) is 23.9. The van der Waals surface area contributed by atoms with E-state index in [9.17, 15) is 18.5 Å². The molecular weight excluding hydrogens is 486 g/mol. The highest BCUT2D eigenvalue weighted by atomic mass is 35.5. The molecule has 5 rings (SSSR count). The Hall–Kier alpha value is -3.48. The fourth-order valence-electron chi connectivity index (χ4n) is 3.80. The molecule has 13 heteroatoms.